The van der Waals surface area contributed by atoms with Crippen molar-refractivity contribution in [3.8, 4) is 0 Å². The van der Waals surface area contributed by atoms with Gasteiger partial charge in [0, 0.05) is 19.3 Å². The average Bonchev–Trinajstić information content (AvgIpc) is 3.21. The Kier molecular flexibility index (Phi) is 44.2. The van der Waals surface area contributed by atoms with Gasteiger partial charge in [-0.05, 0) is 25.2 Å². The number of rotatable bonds is 46. The summed E-state index contributed by atoms with van der Waals surface area (Å²) in [7, 11) is 0. The molecule has 0 aromatic carbocycles. The largest absolute Gasteiger partial charge is 0.462 e. The van der Waals surface area contributed by atoms with E-state index in [0.717, 1.165) is 63.7 Å². The van der Waals surface area contributed by atoms with Crippen LogP contribution in [0.3, 0.4) is 0 Å². The van der Waals surface area contributed by atoms with Crippen molar-refractivity contribution >= 4 is 17.9 Å². The second kappa shape index (κ2) is 45.5. The molecule has 0 bridgehead atoms. The molecule has 6 nitrogen and oxygen atoms in total. The molecule has 0 N–H and O–H groups in total. The van der Waals surface area contributed by atoms with E-state index in [0.29, 0.717) is 19.3 Å². The second-order valence-corrected chi connectivity index (χ2v) is 17.7. The third-order valence-corrected chi connectivity index (χ3v) is 11.9. The first-order valence-electron chi connectivity index (χ1n) is 25.4. The third-order valence-electron chi connectivity index (χ3n) is 11.9. The van der Waals surface area contributed by atoms with E-state index in [9.17, 15) is 14.4 Å². The molecule has 0 spiro atoms. The molecule has 1 unspecified atom stereocenters. The van der Waals surface area contributed by atoms with Crippen LogP contribution in [0.1, 0.15) is 285 Å². The fourth-order valence-corrected chi connectivity index (χ4v) is 7.66. The van der Waals surface area contributed by atoms with Crippen molar-refractivity contribution in [3.63, 3.8) is 0 Å². The second-order valence-electron chi connectivity index (χ2n) is 17.7. The molecule has 57 heavy (non-hydrogen) atoms. The summed E-state index contributed by atoms with van der Waals surface area (Å²) < 4.78 is 16.8. The van der Waals surface area contributed by atoms with Crippen LogP contribution in [0.5, 0.6) is 0 Å². The molecule has 0 saturated carbocycles. The maximum absolute atomic E-state index is 12.7. The molecule has 0 rings (SSSR count). The normalized spacial score (nSPS) is 12.4. The average molecular weight is 807 g/mol. The number of carbonyl (C=O) groups excluding carboxylic acids is 3. The van der Waals surface area contributed by atoms with Gasteiger partial charge in [0.1, 0.15) is 13.2 Å². The summed E-state index contributed by atoms with van der Waals surface area (Å²) in [6.07, 6.45) is 46.6. The first-order chi connectivity index (χ1) is 27.9. The molecule has 0 radical (unpaired) electrons. The minimum atomic E-state index is -0.760. The van der Waals surface area contributed by atoms with E-state index in [2.05, 4.69) is 27.7 Å². The lowest BCUT2D eigenvalue weighted by Gasteiger charge is -2.18. The molecule has 0 aliphatic rings. The van der Waals surface area contributed by atoms with Crippen molar-refractivity contribution in [2.24, 2.45) is 5.92 Å². The summed E-state index contributed by atoms with van der Waals surface area (Å²) in [5, 5.41) is 0. The minimum absolute atomic E-state index is 0.0635. The SMILES string of the molecule is CCCCCCCCCCCCCCCCCCCCC(=O)OC[C@H](COC(=O)CCCCCCCCCCC)OC(=O)CCCCCCCCCCC(C)CC. The van der Waals surface area contributed by atoms with Crippen LogP contribution in [0.2, 0.25) is 0 Å². The Balaban J connectivity index is 4.24. The summed E-state index contributed by atoms with van der Waals surface area (Å²) >= 11 is 0. The monoisotopic (exact) mass is 807 g/mol. The number of carbonyl (C=O) groups is 3. The predicted octanol–water partition coefficient (Wildman–Crippen LogP) is 16.3. The van der Waals surface area contributed by atoms with Crippen LogP contribution < -0.4 is 0 Å². The Labute approximate surface area is 355 Å². The number of hydrogen-bond donors (Lipinski definition) is 0. The van der Waals surface area contributed by atoms with Gasteiger partial charge in [0.05, 0.1) is 0 Å². The topological polar surface area (TPSA) is 78.9 Å². The standard InChI is InChI=1S/C51H98O6/c1-5-8-10-12-14-16-17-18-19-20-21-22-23-24-26-31-35-39-43-50(53)56-46-48(45-55-49(52)42-38-34-30-25-15-13-11-9-6-2)57-51(54)44-40-36-32-28-27-29-33-37-41-47(4)7-3/h47-48H,5-46H2,1-4H3/t47?,48-/m0/s1. The highest BCUT2D eigenvalue weighted by Gasteiger charge is 2.19. The van der Waals surface area contributed by atoms with Gasteiger partial charge in [-0.3, -0.25) is 14.4 Å². The molecule has 2 atom stereocenters. The predicted molar refractivity (Wildman–Crippen MR) is 243 cm³/mol. The number of ether oxygens (including phenoxy) is 3. The zero-order valence-electron chi connectivity index (χ0n) is 38.8. The summed E-state index contributed by atoms with van der Waals surface area (Å²) in [4.78, 5) is 37.8. The van der Waals surface area contributed by atoms with Crippen LogP contribution in [-0.2, 0) is 28.6 Å². The molecule has 0 amide bonds. The fourth-order valence-electron chi connectivity index (χ4n) is 7.66. The molecular formula is C51H98O6. The van der Waals surface area contributed by atoms with Gasteiger partial charge >= 0.3 is 17.9 Å². The maximum Gasteiger partial charge on any atom is 0.306 e. The van der Waals surface area contributed by atoms with Gasteiger partial charge in [0.15, 0.2) is 6.10 Å². The highest BCUT2D eigenvalue weighted by atomic mass is 16.6. The molecule has 0 aromatic rings. The van der Waals surface area contributed by atoms with Gasteiger partial charge in [-0.2, -0.15) is 0 Å². The molecule has 0 fully saturated rings. The van der Waals surface area contributed by atoms with Crippen molar-refractivity contribution < 1.29 is 28.6 Å². The lowest BCUT2D eigenvalue weighted by molar-refractivity contribution is -0.167. The van der Waals surface area contributed by atoms with Gasteiger partial charge in [0.25, 0.3) is 0 Å². The van der Waals surface area contributed by atoms with Crippen LogP contribution >= 0.6 is 0 Å². The van der Waals surface area contributed by atoms with Crippen LogP contribution in [0, 0.1) is 5.92 Å². The fraction of sp³-hybridized carbons (Fsp3) is 0.941. The van der Waals surface area contributed by atoms with Crippen LogP contribution in [0.4, 0.5) is 0 Å². The Morgan fingerprint density at radius 2 is 0.614 bits per heavy atom. The van der Waals surface area contributed by atoms with Crippen LogP contribution in [-0.4, -0.2) is 37.2 Å². The summed E-state index contributed by atoms with van der Waals surface area (Å²) in [5.41, 5.74) is 0. The molecular weight excluding hydrogens is 709 g/mol. The third kappa shape index (κ3) is 43.8. The Morgan fingerprint density at radius 3 is 0.912 bits per heavy atom. The molecule has 338 valence electrons. The van der Waals surface area contributed by atoms with Crippen LogP contribution in [0.25, 0.3) is 0 Å². The van der Waals surface area contributed by atoms with Crippen LogP contribution in [0.15, 0.2) is 0 Å². The highest BCUT2D eigenvalue weighted by molar-refractivity contribution is 5.71. The minimum Gasteiger partial charge on any atom is -0.462 e. The first kappa shape index (κ1) is 55.4. The molecule has 6 heteroatoms. The molecule has 0 heterocycles. The smallest absolute Gasteiger partial charge is 0.306 e. The Bertz CT molecular complexity index is 859. The lowest BCUT2D eigenvalue weighted by atomic mass is 9.99. The molecule has 0 aliphatic heterocycles. The van der Waals surface area contributed by atoms with Crippen molar-refractivity contribution in [3.05, 3.63) is 0 Å². The summed E-state index contributed by atoms with van der Waals surface area (Å²) in [5.74, 6) is -0.00618. The number of hydrogen-bond acceptors (Lipinski definition) is 6. The quantitative estimate of drug-likeness (QED) is 0.0346. The van der Waals surface area contributed by atoms with Crippen molar-refractivity contribution in [2.45, 2.75) is 291 Å². The van der Waals surface area contributed by atoms with E-state index in [-0.39, 0.29) is 31.1 Å². The molecule has 0 aromatic heterocycles. The summed E-state index contributed by atoms with van der Waals surface area (Å²) in [6.45, 7) is 9.01. The van der Waals surface area contributed by atoms with Gasteiger partial charge in [-0.15, -0.1) is 0 Å². The van der Waals surface area contributed by atoms with Gasteiger partial charge < -0.3 is 14.2 Å². The first-order valence-corrected chi connectivity index (χ1v) is 25.4. The number of esters is 3. The van der Waals surface area contributed by atoms with Gasteiger partial charge in [0.2, 0.25) is 0 Å². The van der Waals surface area contributed by atoms with Crippen molar-refractivity contribution in [1.82, 2.24) is 0 Å². The summed E-state index contributed by atoms with van der Waals surface area (Å²) in [6, 6.07) is 0. The zero-order chi connectivity index (χ0) is 41.7. The Morgan fingerprint density at radius 1 is 0.351 bits per heavy atom. The van der Waals surface area contributed by atoms with E-state index < -0.39 is 6.10 Å². The van der Waals surface area contributed by atoms with E-state index in [1.165, 1.54) is 180 Å². The van der Waals surface area contributed by atoms with Crippen molar-refractivity contribution in [1.29, 1.82) is 0 Å². The van der Waals surface area contributed by atoms with E-state index in [4.69, 9.17) is 14.2 Å². The zero-order valence-corrected chi connectivity index (χ0v) is 38.8. The van der Waals surface area contributed by atoms with Gasteiger partial charge in [-0.1, -0.05) is 246 Å². The molecule has 0 saturated heterocycles. The van der Waals surface area contributed by atoms with E-state index in [1.807, 2.05) is 0 Å². The van der Waals surface area contributed by atoms with Gasteiger partial charge in [-0.25, -0.2) is 0 Å². The lowest BCUT2D eigenvalue weighted by Crippen LogP contribution is -2.30. The maximum atomic E-state index is 12.7. The van der Waals surface area contributed by atoms with Crippen molar-refractivity contribution in [2.75, 3.05) is 13.2 Å². The van der Waals surface area contributed by atoms with E-state index in [1.54, 1.807) is 0 Å². The Hall–Kier alpha value is -1.59. The molecule has 0 aliphatic carbocycles. The highest BCUT2D eigenvalue weighted by Crippen LogP contribution is 2.17. The number of unbranched alkanes of at least 4 members (excludes halogenated alkanes) is 32. The van der Waals surface area contributed by atoms with E-state index >= 15 is 0 Å².